The predicted octanol–water partition coefficient (Wildman–Crippen LogP) is 5.63. The van der Waals surface area contributed by atoms with Gasteiger partial charge in [-0.15, -0.1) is 0 Å². The summed E-state index contributed by atoms with van der Waals surface area (Å²) >= 11 is 6.27. The fourth-order valence-corrected chi connectivity index (χ4v) is 6.48. The van der Waals surface area contributed by atoms with Gasteiger partial charge in [0.05, 0.1) is 17.2 Å². The number of carbonyl (C=O) groups excluding carboxylic acids is 2. The van der Waals surface area contributed by atoms with Gasteiger partial charge in [-0.2, -0.15) is 0 Å². The quantitative estimate of drug-likeness (QED) is 0.206. The molecule has 0 aromatic heterocycles. The molecule has 0 radical (unpaired) electrons. The van der Waals surface area contributed by atoms with Gasteiger partial charge in [0, 0.05) is 25.0 Å². The standard InChI is InChI=1S/C34H36ClN3O5S/c1-4-43-32-16-9-8-15-30(32)38(44(41,42)29-19-17-25(2)18-20-29)24-33(39)37(23-27-13-10-14-28(35)21-27)31(34(40)36-3)22-26-11-6-5-7-12-26/h5-21,31H,4,22-24H2,1-3H3,(H,36,40)/t31-/m1/s1. The lowest BCUT2D eigenvalue weighted by Crippen LogP contribution is -2.53. The number of rotatable bonds is 13. The van der Waals surface area contributed by atoms with Gasteiger partial charge in [-0.3, -0.25) is 13.9 Å². The van der Waals surface area contributed by atoms with Crippen molar-refractivity contribution in [1.82, 2.24) is 10.2 Å². The zero-order valence-corrected chi connectivity index (χ0v) is 26.5. The Hall–Kier alpha value is -4.34. The molecule has 0 unspecified atom stereocenters. The molecule has 2 amide bonds. The molecule has 0 bridgehead atoms. The number of sulfonamides is 1. The van der Waals surface area contributed by atoms with Crippen LogP contribution in [0.5, 0.6) is 5.75 Å². The number of anilines is 1. The van der Waals surface area contributed by atoms with Gasteiger partial charge in [-0.1, -0.05) is 83.9 Å². The zero-order chi connectivity index (χ0) is 31.7. The number of aryl methyl sites for hydroxylation is 1. The van der Waals surface area contributed by atoms with Crippen LogP contribution in [0.4, 0.5) is 5.69 Å². The second-order valence-corrected chi connectivity index (χ2v) is 12.5. The minimum absolute atomic E-state index is 0.0237. The maximum Gasteiger partial charge on any atom is 0.264 e. The molecule has 1 atom stereocenters. The molecular weight excluding hydrogens is 598 g/mol. The number of likely N-dealkylation sites (N-methyl/N-ethyl adjacent to an activating group) is 1. The Morgan fingerprint density at radius 1 is 0.886 bits per heavy atom. The zero-order valence-electron chi connectivity index (χ0n) is 24.9. The number of nitrogens with one attached hydrogen (secondary N) is 1. The maximum atomic E-state index is 14.4. The molecule has 0 aliphatic rings. The average Bonchev–Trinajstić information content (AvgIpc) is 3.02. The summed E-state index contributed by atoms with van der Waals surface area (Å²) in [6.07, 6.45) is 0.215. The largest absolute Gasteiger partial charge is 0.492 e. The Balaban J connectivity index is 1.82. The van der Waals surface area contributed by atoms with E-state index in [0.29, 0.717) is 22.9 Å². The highest BCUT2D eigenvalue weighted by molar-refractivity contribution is 7.92. The van der Waals surface area contributed by atoms with Crippen LogP contribution in [-0.2, 0) is 32.6 Å². The van der Waals surface area contributed by atoms with Crippen LogP contribution in [0.2, 0.25) is 5.02 Å². The van der Waals surface area contributed by atoms with E-state index in [1.807, 2.05) is 37.3 Å². The molecule has 230 valence electrons. The first-order chi connectivity index (χ1) is 21.1. The van der Waals surface area contributed by atoms with Gasteiger partial charge < -0.3 is 15.0 Å². The van der Waals surface area contributed by atoms with E-state index in [2.05, 4.69) is 5.32 Å². The van der Waals surface area contributed by atoms with Gasteiger partial charge in [0.25, 0.3) is 10.0 Å². The molecule has 0 aliphatic heterocycles. The summed E-state index contributed by atoms with van der Waals surface area (Å²) in [7, 11) is -2.74. The van der Waals surface area contributed by atoms with Gasteiger partial charge in [0.15, 0.2) is 0 Å². The van der Waals surface area contributed by atoms with E-state index in [1.165, 1.54) is 24.1 Å². The predicted molar refractivity (Wildman–Crippen MR) is 173 cm³/mol. The van der Waals surface area contributed by atoms with Crippen LogP contribution < -0.4 is 14.4 Å². The number of amides is 2. The Morgan fingerprint density at radius 3 is 2.20 bits per heavy atom. The fraction of sp³-hybridized carbons (Fsp3) is 0.235. The molecule has 1 N–H and O–H groups in total. The first-order valence-electron chi connectivity index (χ1n) is 14.2. The van der Waals surface area contributed by atoms with Crippen molar-refractivity contribution in [3.63, 3.8) is 0 Å². The van der Waals surface area contributed by atoms with Crippen LogP contribution in [0.1, 0.15) is 23.6 Å². The summed E-state index contributed by atoms with van der Waals surface area (Å²) in [6, 6.07) is 28.5. The van der Waals surface area contributed by atoms with E-state index < -0.39 is 28.5 Å². The number of benzene rings is 4. The van der Waals surface area contributed by atoms with E-state index in [1.54, 1.807) is 67.6 Å². The van der Waals surface area contributed by atoms with Gasteiger partial charge in [0.1, 0.15) is 18.3 Å². The highest BCUT2D eigenvalue weighted by atomic mass is 35.5. The topological polar surface area (TPSA) is 96.0 Å². The first kappa shape index (κ1) is 32.6. The lowest BCUT2D eigenvalue weighted by atomic mass is 10.0. The number of hydrogen-bond acceptors (Lipinski definition) is 5. The molecule has 0 aliphatic carbocycles. The van der Waals surface area contributed by atoms with E-state index in [-0.39, 0.29) is 29.5 Å². The molecular formula is C34H36ClN3O5S. The van der Waals surface area contributed by atoms with Gasteiger partial charge in [-0.05, 0) is 61.4 Å². The number of nitrogens with zero attached hydrogens (tertiary/aromatic N) is 2. The summed E-state index contributed by atoms with van der Waals surface area (Å²) in [5, 5.41) is 3.15. The third-order valence-electron chi connectivity index (χ3n) is 7.08. The van der Waals surface area contributed by atoms with Gasteiger partial charge in [-0.25, -0.2) is 8.42 Å². The summed E-state index contributed by atoms with van der Waals surface area (Å²) in [5.41, 5.74) is 2.64. The van der Waals surface area contributed by atoms with Crippen LogP contribution in [0.15, 0.2) is 108 Å². The van der Waals surface area contributed by atoms with Crippen molar-refractivity contribution < 1.29 is 22.7 Å². The average molecular weight is 634 g/mol. The first-order valence-corrected chi connectivity index (χ1v) is 16.1. The summed E-state index contributed by atoms with van der Waals surface area (Å²) < 4.78 is 35.3. The van der Waals surface area contributed by atoms with Crippen LogP contribution in [0, 0.1) is 6.92 Å². The fourth-order valence-electron chi connectivity index (χ4n) is 4.84. The lowest BCUT2D eigenvalue weighted by Gasteiger charge is -2.34. The van der Waals surface area contributed by atoms with Crippen molar-refractivity contribution in [2.24, 2.45) is 0 Å². The van der Waals surface area contributed by atoms with E-state index >= 15 is 0 Å². The number of halogens is 1. The van der Waals surface area contributed by atoms with Crippen molar-refractivity contribution >= 4 is 39.1 Å². The van der Waals surface area contributed by atoms with Crippen molar-refractivity contribution in [2.75, 3.05) is 24.5 Å². The molecule has 0 saturated carbocycles. The molecule has 4 aromatic rings. The minimum Gasteiger partial charge on any atom is -0.492 e. The Bertz CT molecular complexity index is 1680. The van der Waals surface area contributed by atoms with E-state index in [4.69, 9.17) is 16.3 Å². The second kappa shape index (κ2) is 14.9. The molecule has 0 heterocycles. The number of para-hydroxylation sites is 2. The SMILES string of the molecule is CCOc1ccccc1N(CC(=O)N(Cc1cccc(Cl)c1)[C@H](Cc1ccccc1)C(=O)NC)S(=O)(=O)c1ccc(C)cc1. The molecule has 4 rings (SSSR count). The Kier molecular flexibility index (Phi) is 11.0. The summed E-state index contributed by atoms with van der Waals surface area (Å²) in [6.45, 7) is 3.39. The van der Waals surface area contributed by atoms with Crippen LogP contribution in [0.3, 0.4) is 0 Å². The molecule has 0 saturated heterocycles. The van der Waals surface area contributed by atoms with Crippen molar-refractivity contribution in [2.45, 2.75) is 37.8 Å². The lowest BCUT2D eigenvalue weighted by molar-refractivity contribution is -0.139. The smallest absolute Gasteiger partial charge is 0.264 e. The van der Waals surface area contributed by atoms with Crippen LogP contribution in [0.25, 0.3) is 0 Å². The molecule has 0 fully saturated rings. The van der Waals surface area contributed by atoms with Crippen molar-refractivity contribution in [1.29, 1.82) is 0 Å². The van der Waals surface area contributed by atoms with Crippen molar-refractivity contribution in [3.05, 3.63) is 125 Å². The molecule has 8 nitrogen and oxygen atoms in total. The monoisotopic (exact) mass is 633 g/mol. The van der Waals surface area contributed by atoms with Crippen LogP contribution in [-0.4, -0.2) is 51.4 Å². The second-order valence-electron chi connectivity index (χ2n) is 10.2. The molecule has 44 heavy (non-hydrogen) atoms. The number of ether oxygens (including phenoxy) is 1. The Morgan fingerprint density at radius 2 is 1.55 bits per heavy atom. The Labute approximate surface area is 264 Å². The third-order valence-corrected chi connectivity index (χ3v) is 9.09. The number of hydrogen-bond donors (Lipinski definition) is 1. The third kappa shape index (κ3) is 7.98. The van der Waals surface area contributed by atoms with E-state index in [9.17, 15) is 18.0 Å². The number of carbonyl (C=O) groups is 2. The normalized spacial score (nSPS) is 11.8. The summed E-state index contributed by atoms with van der Waals surface area (Å²) in [4.78, 5) is 29.3. The highest BCUT2D eigenvalue weighted by Gasteiger charge is 2.35. The highest BCUT2D eigenvalue weighted by Crippen LogP contribution is 2.33. The summed E-state index contributed by atoms with van der Waals surface area (Å²) in [5.74, 6) is -0.643. The van der Waals surface area contributed by atoms with Crippen molar-refractivity contribution in [3.8, 4) is 5.75 Å². The molecule has 10 heteroatoms. The van der Waals surface area contributed by atoms with Gasteiger partial charge in [0.2, 0.25) is 11.8 Å². The molecule has 0 spiro atoms. The van der Waals surface area contributed by atoms with Gasteiger partial charge >= 0.3 is 0 Å². The molecule has 4 aromatic carbocycles. The minimum atomic E-state index is -4.25. The van der Waals surface area contributed by atoms with Crippen LogP contribution >= 0.6 is 11.6 Å². The maximum absolute atomic E-state index is 14.4. The van der Waals surface area contributed by atoms with E-state index in [0.717, 1.165) is 15.4 Å².